The molecule has 3 rings (SSSR count). The van der Waals surface area contributed by atoms with Crippen molar-refractivity contribution < 1.29 is 19.5 Å². The van der Waals surface area contributed by atoms with Crippen molar-refractivity contribution in [2.24, 2.45) is 0 Å². The van der Waals surface area contributed by atoms with Gasteiger partial charge in [0.1, 0.15) is 0 Å². The van der Waals surface area contributed by atoms with Gasteiger partial charge in [0.05, 0.1) is 18.9 Å². The molecule has 7 heteroatoms. The van der Waals surface area contributed by atoms with Crippen LogP contribution in [-0.4, -0.2) is 60.0 Å². The Morgan fingerprint density at radius 1 is 1.20 bits per heavy atom. The summed E-state index contributed by atoms with van der Waals surface area (Å²) in [6, 6.07) is 8.01. The van der Waals surface area contributed by atoms with Gasteiger partial charge in [0.25, 0.3) is 0 Å². The summed E-state index contributed by atoms with van der Waals surface area (Å²) >= 11 is 0. The molecule has 0 aliphatic carbocycles. The van der Waals surface area contributed by atoms with Crippen LogP contribution in [-0.2, 0) is 20.8 Å². The summed E-state index contributed by atoms with van der Waals surface area (Å²) in [5.74, 6) is -2.21. The summed E-state index contributed by atoms with van der Waals surface area (Å²) in [7, 11) is 0. The van der Waals surface area contributed by atoms with Crippen molar-refractivity contribution in [3.63, 3.8) is 0 Å². The molecular weight excluding hydrogens is 382 g/mol. The number of hydrogen-bond acceptors (Lipinski definition) is 4. The number of benzene rings is 1. The third-order valence-electron chi connectivity index (χ3n) is 6.12. The van der Waals surface area contributed by atoms with Gasteiger partial charge in [-0.1, -0.05) is 37.1 Å². The van der Waals surface area contributed by atoms with Crippen LogP contribution in [0.5, 0.6) is 0 Å². The van der Waals surface area contributed by atoms with Crippen LogP contribution in [0.25, 0.3) is 0 Å². The fourth-order valence-electron chi connectivity index (χ4n) is 4.50. The first-order chi connectivity index (χ1) is 14.5. The predicted octanol–water partition coefficient (Wildman–Crippen LogP) is 2.06. The van der Waals surface area contributed by atoms with E-state index >= 15 is 0 Å². The number of fused-ring (bicyclic) bond motifs is 1. The van der Waals surface area contributed by atoms with Crippen molar-refractivity contribution in [2.75, 3.05) is 26.2 Å². The van der Waals surface area contributed by atoms with Gasteiger partial charge in [0.15, 0.2) is 0 Å². The second kappa shape index (κ2) is 11.1. The van der Waals surface area contributed by atoms with Gasteiger partial charge >= 0.3 is 5.97 Å². The SMILES string of the molecule is O=C(O)CC1C(=O)N(CC(=O)NCCCC2CCCCCN2)CCc2ccccc21. The molecule has 0 spiro atoms. The third kappa shape index (κ3) is 6.29. The topological polar surface area (TPSA) is 98.7 Å². The lowest BCUT2D eigenvalue weighted by Crippen LogP contribution is -2.43. The standard InChI is InChI=1S/C23H33N3O4/c27-21(25-13-6-9-18-8-2-1-5-12-24-18)16-26-14-11-17-7-3-4-10-19(17)20(23(26)30)15-22(28)29/h3-4,7,10,18,20,24H,1-2,5-6,8-9,11-16H2,(H,25,27)(H,28,29). The fourth-order valence-corrected chi connectivity index (χ4v) is 4.50. The lowest BCUT2D eigenvalue weighted by atomic mass is 9.91. The Morgan fingerprint density at radius 3 is 2.87 bits per heavy atom. The summed E-state index contributed by atoms with van der Waals surface area (Å²) in [6.07, 6.45) is 7.30. The Kier molecular flexibility index (Phi) is 8.25. The number of carbonyl (C=O) groups excluding carboxylic acids is 2. The fraction of sp³-hybridized carbons (Fsp3) is 0.609. The Morgan fingerprint density at radius 2 is 2.03 bits per heavy atom. The van der Waals surface area contributed by atoms with E-state index in [2.05, 4.69) is 10.6 Å². The number of rotatable bonds is 8. The maximum Gasteiger partial charge on any atom is 0.304 e. The predicted molar refractivity (Wildman–Crippen MR) is 114 cm³/mol. The molecule has 7 nitrogen and oxygen atoms in total. The van der Waals surface area contributed by atoms with E-state index in [1.54, 1.807) is 0 Å². The van der Waals surface area contributed by atoms with Gasteiger partial charge in [0, 0.05) is 19.1 Å². The molecule has 1 saturated heterocycles. The number of nitrogens with one attached hydrogen (secondary N) is 2. The molecule has 164 valence electrons. The molecule has 2 aliphatic rings. The number of amides is 2. The van der Waals surface area contributed by atoms with Crippen LogP contribution in [0.2, 0.25) is 0 Å². The number of carbonyl (C=O) groups is 3. The average molecular weight is 416 g/mol. The molecule has 2 heterocycles. The monoisotopic (exact) mass is 415 g/mol. The first-order valence-electron chi connectivity index (χ1n) is 11.1. The minimum absolute atomic E-state index is 0.0232. The van der Waals surface area contributed by atoms with Crippen molar-refractivity contribution in [1.82, 2.24) is 15.5 Å². The van der Waals surface area contributed by atoms with Crippen LogP contribution < -0.4 is 10.6 Å². The molecule has 0 aromatic heterocycles. The van der Waals surface area contributed by atoms with Crippen LogP contribution in [0.3, 0.4) is 0 Å². The van der Waals surface area contributed by atoms with E-state index in [1.807, 2.05) is 24.3 Å². The van der Waals surface area contributed by atoms with Crippen LogP contribution >= 0.6 is 0 Å². The molecule has 0 bridgehead atoms. The molecule has 2 unspecified atom stereocenters. The van der Waals surface area contributed by atoms with Crippen molar-refractivity contribution in [2.45, 2.75) is 63.3 Å². The van der Waals surface area contributed by atoms with E-state index in [9.17, 15) is 19.5 Å². The lowest BCUT2D eigenvalue weighted by molar-refractivity contribution is -0.143. The smallest absolute Gasteiger partial charge is 0.304 e. The summed E-state index contributed by atoms with van der Waals surface area (Å²) in [4.78, 5) is 38.3. The van der Waals surface area contributed by atoms with Gasteiger partial charge < -0.3 is 20.6 Å². The van der Waals surface area contributed by atoms with Crippen molar-refractivity contribution >= 4 is 17.8 Å². The van der Waals surface area contributed by atoms with Crippen molar-refractivity contribution in [3.05, 3.63) is 35.4 Å². The minimum Gasteiger partial charge on any atom is -0.481 e. The highest BCUT2D eigenvalue weighted by Crippen LogP contribution is 2.29. The Bertz CT molecular complexity index is 744. The summed E-state index contributed by atoms with van der Waals surface area (Å²) in [5, 5.41) is 15.8. The Hall–Kier alpha value is -2.41. The first kappa shape index (κ1) is 22.3. The van der Waals surface area contributed by atoms with Gasteiger partial charge in [-0.3, -0.25) is 14.4 Å². The number of aliphatic carboxylic acids is 1. The quantitative estimate of drug-likeness (QED) is 0.565. The normalized spacial score (nSPS) is 22.0. The van der Waals surface area contributed by atoms with Gasteiger partial charge in [-0.2, -0.15) is 0 Å². The maximum atomic E-state index is 13.0. The molecule has 1 aromatic rings. The molecule has 30 heavy (non-hydrogen) atoms. The number of carboxylic acids is 1. The zero-order valence-electron chi connectivity index (χ0n) is 17.6. The van der Waals surface area contributed by atoms with Gasteiger partial charge in [-0.15, -0.1) is 0 Å². The van der Waals surface area contributed by atoms with E-state index < -0.39 is 11.9 Å². The largest absolute Gasteiger partial charge is 0.481 e. The van der Waals surface area contributed by atoms with Crippen LogP contribution in [0.4, 0.5) is 0 Å². The molecule has 0 saturated carbocycles. The second-order valence-electron chi connectivity index (χ2n) is 8.35. The second-order valence-corrected chi connectivity index (χ2v) is 8.35. The molecule has 0 radical (unpaired) electrons. The number of carboxylic acid groups (broad SMARTS) is 1. The third-order valence-corrected chi connectivity index (χ3v) is 6.12. The van der Waals surface area contributed by atoms with Crippen molar-refractivity contribution in [1.29, 1.82) is 0 Å². The molecule has 3 N–H and O–H groups in total. The highest BCUT2D eigenvalue weighted by molar-refractivity contribution is 5.91. The first-order valence-corrected chi connectivity index (χ1v) is 11.1. The van der Waals surface area contributed by atoms with Crippen LogP contribution in [0.15, 0.2) is 24.3 Å². The number of hydrogen-bond donors (Lipinski definition) is 3. The molecule has 1 fully saturated rings. The van der Waals surface area contributed by atoms with E-state index in [-0.39, 0.29) is 24.8 Å². The Labute approximate surface area is 178 Å². The van der Waals surface area contributed by atoms with Gasteiger partial charge in [-0.25, -0.2) is 0 Å². The molecular formula is C23H33N3O4. The van der Waals surface area contributed by atoms with E-state index in [0.29, 0.717) is 25.6 Å². The lowest BCUT2D eigenvalue weighted by Gasteiger charge is -2.23. The summed E-state index contributed by atoms with van der Waals surface area (Å²) < 4.78 is 0. The number of nitrogens with zero attached hydrogens (tertiary/aromatic N) is 1. The van der Waals surface area contributed by atoms with Gasteiger partial charge in [0.2, 0.25) is 11.8 Å². The highest BCUT2D eigenvalue weighted by Gasteiger charge is 2.33. The molecule has 2 atom stereocenters. The summed E-state index contributed by atoms with van der Waals surface area (Å²) in [5.41, 5.74) is 1.75. The summed E-state index contributed by atoms with van der Waals surface area (Å²) in [6.45, 7) is 2.07. The molecule has 1 aromatic carbocycles. The van der Waals surface area contributed by atoms with Crippen molar-refractivity contribution in [3.8, 4) is 0 Å². The van der Waals surface area contributed by atoms with Crippen LogP contribution in [0, 0.1) is 0 Å². The van der Waals surface area contributed by atoms with Gasteiger partial charge in [-0.05, 0) is 49.8 Å². The maximum absolute atomic E-state index is 13.0. The average Bonchev–Trinajstić information content (AvgIpc) is 3.06. The van der Waals surface area contributed by atoms with E-state index in [0.717, 1.165) is 30.5 Å². The molecule has 2 amide bonds. The zero-order valence-corrected chi connectivity index (χ0v) is 17.6. The van der Waals surface area contributed by atoms with E-state index in [1.165, 1.54) is 30.6 Å². The minimum atomic E-state index is -1.01. The zero-order chi connectivity index (χ0) is 21.3. The van der Waals surface area contributed by atoms with Crippen LogP contribution in [0.1, 0.15) is 62.0 Å². The Balaban J connectivity index is 1.50. The molecule has 2 aliphatic heterocycles. The van der Waals surface area contributed by atoms with E-state index in [4.69, 9.17) is 0 Å². The highest BCUT2D eigenvalue weighted by atomic mass is 16.4.